The van der Waals surface area contributed by atoms with Crippen LogP contribution in [-0.4, -0.2) is 8.42 Å². The molecule has 1 N–H and O–H groups in total. The first-order valence-electron chi connectivity index (χ1n) is 6.43. The fraction of sp³-hybridized carbons (Fsp3) is 0. The molecule has 0 aliphatic heterocycles. The molecule has 0 bridgehead atoms. The van der Waals surface area contributed by atoms with Crippen LogP contribution < -0.4 is 4.72 Å². The number of hydrogen-bond donors (Lipinski definition) is 1. The first kappa shape index (κ1) is 15.0. The predicted octanol–water partition coefficient (Wildman–Crippen LogP) is 4.54. The first-order chi connectivity index (χ1) is 10.5. The molecule has 0 aliphatic carbocycles. The maximum atomic E-state index is 13.8. The Morgan fingerprint density at radius 3 is 2.36 bits per heavy atom. The van der Waals surface area contributed by atoms with Gasteiger partial charge in [0.2, 0.25) is 0 Å². The van der Waals surface area contributed by atoms with Crippen molar-refractivity contribution in [1.82, 2.24) is 0 Å². The van der Waals surface area contributed by atoms with Gasteiger partial charge in [-0.1, -0.05) is 36.4 Å². The number of sulfonamides is 1. The second kappa shape index (κ2) is 5.70. The molecule has 6 heteroatoms. The van der Waals surface area contributed by atoms with Crippen LogP contribution in [0.3, 0.4) is 0 Å². The minimum atomic E-state index is -3.87. The van der Waals surface area contributed by atoms with Gasteiger partial charge in [-0.15, -0.1) is 0 Å². The lowest BCUT2D eigenvalue weighted by Gasteiger charge is -2.11. The summed E-state index contributed by atoms with van der Waals surface area (Å²) in [5.41, 5.74) is -0.101. The number of hydrogen-bond acceptors (Lipinski definition) is 2. The average molecular weight is 380 g/mol. The number of halogens is 2. The van der Waals surface area contributed by atoms with Gasteiger partial charge in [0.1, 0.15) is 5.82 Å². The average Bonchev–Trinajstić information content (AvgIpc) is 2.50. The van der Waals surface area contributed by atoms with Crippen molar-refractivity contribution in [3.8, 4) is 0 Å². The summed E-state index contributed by atoms with van der Waals surface area (Å²) in [6.45, 7) is 0. The van der Waals surface area contributed by atoms with Gasteiger partial charge in [0.25, 0.3) is 10.0 Å². The Balaban J connectivity index is 2.05. The van der Waals surface area contributed by atoms with Gasteiger partial charge in [0, 0.05) is 4.47 Å². The Hall–Kier alpha value is -1.92. The van der Waals surface area contributed by atoms with E-state index in [1.165, 1.54) is 18.2 Å². The molecule has 0 amide bonds. The summed E-state index contributed by atoms with van der Waals surface area (Å²) in [5.74, 6) is -0.640. The molecule has 0 radical (unpaired) electrons. The van der Waals surface area contributed by atoms with Gasteiger partial charge in [-0.2, -0.15) is 0 Å². The lowest BCUT2D eigenvalue weighted by atomic mass is 10.1. The lowest BCUT2D eigenvalue weighted by molar-refractivity contribution is 0.598. The quantitative estimate of drug-likeness (QED) is 0.725. The van der Waals surface area contributed by atoms with Crippen molar-refractivity contribution in [2.24, 2.45) is 0 Å². The molecule has 3 nitrogen and oxygen atoms in total. The highest BCUT2D eigenvalue weighted by atomic mass is 79.9. The van der Waals surface area contributed by atoms with Crippen molar-refractivity contribution in [2.45, 2.75) is 4.90 Å². The fourth-order valence-corrected chi connectivity index (χ4v) is 3.82. The third kappa shape index (κ3) is 2.84. The van der Waals surface area contributed by atoms with E-state index in [1.54, 1.807) is 18.2 Å². The smallest absolute Gasteiger partial charge is 0.262 e. The fourth-order valence-electron chi connectivity index (χ4n) is 2.12. The van der Waals surface area contributed by atoms with Crippen molar-refractivity contribution >= 4 is 42.4 Å². The second-order valence-corrected chi connectivity index (χ2v) is 7.25. The van der Waals surface area contributed by atoms with E-state index in [9.17, 15) is 12.8 Å². The molecule has 112 valence electrons. The Morgan fingerprint density at radius 2 is 1.64 bits per heavy atom. The zero-order chi connectivity index (χ0) is 15.7. The molecular formula is C16H11BrFNO2S. The number of benzene rings is 3. The summed E-state index contributed by atoms with van der Waals surface area (Å²) in [4.78, 5) is 0.0846. The number of anilines is 1. The molecule has 3 rings (SSSR count). The van der Waals surface area contributed by atoms with Crippen LogP contribution in [0.4, 0.5) is 10.1 Å². The number of para-hydroxylation sites is 1. The van der Waals surface area contributed by atoms with Crippen LogP contribution in [0.5, 0.6) is 0 Å². The molecule has 0 saturated carbocycles. The summed E-state index contributed by atoms with van der Waals surface area (Å²) < 4.78 is 41.3. The van der Waals surface area contributed by atoms with Gasteiger partial charge in [0.15, 0.2) is 0 Å². The summed E-state index contributed by atoms with van der Waals surface area (Å²) in [7, 11) is -3.87. The third-order valence-corrected chi connectivity index (χ3v) is 5.24. The maximum Gasteiger partial charge on any atom is 0.262 e. The monoisotopic (exact) mass is 379 g/mol. The molecule has 0 spiro atoms. The molecule has 3 aromatic rings. The van der Waals surface area contributed by atoms with Crippen LogP contribution in [0.1, 0.15) is 0 Å². The Kier molecular flexibility index (Phi) is 3.88. The van der Waals surface area contributed by atoms with Gasteiger partial charge in [-0.3, -0.25) is 4.72 Å². The predicted molar refractivity (Wildman–Crippen MR) is 88.9 cm³/mol. The van der Waals surface area contributed by atoms with Crippen molar-refractivity contribution in [2.75, 3.05) is 4.72 Å². The molecule has 3 aromatic carbocycles. The maximum absolute atomic E-state index is 13.8. The Labute approximate surface area is 136 Å². The molecule has 0 heterocycles. The molecule has 0 atom stereocenters. The van der Waals surface area contributed by atoms with E-state index in [-0.39, 0.29) is 10.6 Å². The highest BCUT2D eigenvalue weighted by Crippen LogP contribution is 2.28. The molecular weight excluding hydrogens is 369 g/mol. The Morgan fingerprint density at radius 1 is 0.909 bits per heavy atom. The van der Waals surface area contributed by atoms with E-state index in [0.717, 1.165) is 10.8 Å². The van der Waals surface area contributed by atoms with Crippen molar-refractivity contribution < 1.29 is 12.8 Å². The van der Waals surface area contributed by atoms with Crippen molar-refractivity contribution in [3.63, 3.8) is 0 Å². The zero-order valence-corrected chi connectivity index (χ0v) is 13.7. The third-order valence-electron chi connectivity index (χ3n) is 3.23. The standard InChI is InChI=1S/C16H11BrFNO2S/c17-14-6-3-7-15(18)16(14)19-22(20,21)13-9-8-11-4-1-2-5-12(11)10-13/h1-10,19H. The van der Waals surface area contributed by atoms with Gasteiger partial charge >= 0.3 is 0 Å². The summed E-state index contributed by atoms with van der Waals surface area (Å²) in [6.07, 6.45) is 0. The van der Waals surface area contributed by atoms with Crippen LogP contribution in [0.2, 0.25) is 0 Å². The van der Waals surface area contributed by atoms with E-state index in [1.807, 2.05) is 24.3 Å². The SMILES string of the molecule is O=S(=O)(Nc1c(F)cccc1Br)c1ccc2ccccc2c1. The van der Waals surface area contributed by atoms with Crippen molar-refractivity contribution in [3.05, 3.63) is 71.0 Å². The summed E-state index contributed by atoms with van der Waals surface area (Å²) >= 11 is 3.15. The van der Waals surface area contributed by atoms with E-state index in [0.29, 0.717) is 4.47 Å². The molecule has 0 saturated heterocycles. The minimum Gasteiger partial charge on any atom is -0.275 e. The second-order valence-electron chi connectivity index (χ2n) is 4.71. The normalized spacial score (nSPS) is 11.5. The van der Waals surface area contributed by atoms with Crippen LogP contribution >= 0.6 is 15.9 Å². The Bertz CT molecular complexity index is 937. The molecule has 0 fully saturated rings. The van der Waals surface area contributed by atoms with E-state index < -0.39 is 15.8 Å². The highest BCUT2D eigenvalue weighted by molar-refractivity contribution is 9.10. The topological polar surface area (TPSA) is 46.2 Å². The zero-order valence-electron chi connectivity index (χ0n) is 11.3. The molecule has 0 unspecified atom stereocenters. The van der Waals surface area contributed by atoms with Crippen LogP contribution in [0.25, 0.3) is 10.8 Å². The van der Waals surface area contributed by atoms with Crippen LogP contribution in [-0.2, 0) is 10.0 Å². The van der Waals surface area contributed by atoms with Gasteiger partial charge in [-0.25, -0.2) is 12.8 Å². The van der Waals surface area contributed by atoms with E-state index in [2.05, 4.69) is 20.7 Å². The lowest BCUT2D eigenvalue weighted by Crippen LogP contribution is -2.14. The van der Waals surface area contributed by atoms with Crippen molar-refractivity contribution in [1.29, 1.82) is 0 Å². The molecule has 0 aromatic heterocycles. The summed E-state index contributed by atoms with van der Waals surface area (Å²) in [6, 6.07) is 16.5. The molecule has 0 aliphatic rings. The first-order valence-corrected chi connectivity index (χ1v) is 8.71. The van der Waals surface area contributed by atoms with E-state index in [4.69, 9.17) is 0 Å². The largest absolute Gasteiger partial charge is 0.275 e. The van der Waals surface area contributed by atoms with Gasteiger partial charge in [-0.05, 0) is 51.0 Å². The number of nitrogens with one attached hydrogen (secondary N) is 1. The van der Waals surface area contributed by atoms with Gasteiger partial charge in [0.05, 0.1) is 10.6 Å². The highest BCUT2D eigenvalue weighted by Gasteiger charge is 2.18. The minimum absolute atomic E-state index is 0.0846. The summed E-state index contributed by atoms with van der Waals surface area (Å²) in [5, 5.41) is 1.74. The molecule has 22 heavy (non-hydrogen) atoms. The number of fused-ring (bicyclic) bond motifs is 1. The van der Waals surface area contributed by atoms with Gasteiger partial charge < -0.3 is 0 Å². The number of rotatable bonds is 3. The van der Waals surface area contributed by atoms with Crippen LogP contribution in [0.15, 0.2) is 70.0 Å². The van der Waals surface area contributed by atoms with E-state index >= 15 is 0 Å². The van der Waals surface area contributed by atoms with Crippen LogP contribution in [0, 0.1) is 5.82 Å².